The molecule has 0 unspecified atom stereocenters. The molecule has 0 aliphatic carbocycles. The minimum atomic E-state index is -0.179. The van der Waals surface area contributed by atoms with Gasteiger partial charge in [0, 0.05) is 6.20 Å². The Hall–Kier alpha value is -1.58. The number of aromatic nitrogens is 1. The van der Waals surface area contributed by atoms with Crippen molar-refractivity contribution in [1.29, 1.82) is 0 Å². The highest BCUT2D eigenvalue weighted by Gasteiger charge is 2.21. The number of hydrogen-bond donors (Lipinski definition) is 2. The molecule has 0 spiro atoms. The van der Waals surface area contributed by atoms with E-state index < -0.39 is 0 Å². The Morgan fingerprint density at radius 3 is 3.25 bits per heavy atom. The van der Waals surface area contributed by atoms with E-state index in [4.69, 9.17) is 0 Å². The van der Waals surface area contributed by atoms with Gasteiger partial charge in [0.2, 0.25) is 5.91 Å². The summed E-state index contributed by atoms with van der Waals surface area (Å²) in [5.41, 5.74) is 0.879. The van der Waals surface area contributed by atoms with E-state index in [1.54, 1.807) is 6.20 Å². The van der Waals surface area contributed by atoms with Gasteiger partial charge < -0.3 is 10.6 Å². The van der Waals surface area contributed by atoms with Crippen molar-refractivity contribution in [3.05, 3.63) is 18.3 Å². The van der Waals surface area contributed by atoms with E-state index >= 15 is 0 Å². The maximum atomic E-state index is 11.1. The van der Waals surface area contributed by atoms with Crippen LogP contribution in [0.4, 0.5) is 11.5 Å². The molecule has 0 saturated heterocycles. The van der Waals surface area contributed by atoms with E-state index in [1.165, 1.54) is 0 Å². The molecule has 1 aliphatic heterocycles. The molecular formula is C8H9N3O. The van der Waals surface area contributed by atoms with Gasteiger partial charge in [-0.25, -0.2) is 4.98 Å². The van der Waals surface area contributed by atoms with Gasteiger partial charge in [-0.1, -0.05) is 0 Å². The van der Waals surface area contributed by atoms with E-state index in [0.717, 1.165) is 5.69 Å². The van der Waals surface area contributed by atoms with Crippen molar-refractivity contribution in [3.63, 3.8) is 0 Å². The molecular weight excluding hydrogens is 154 g/mol. The SMILES string of the molecule is C[C@@H]1Nc2cccnc2NC1=O. The predicted octanol–water partition coefficient (Wildman–Crippen LogP) is 0.834. The smallest absolute Gasteiger partial charge is 0.247 e. The Balaban J connectivity index is 2.40. The fraction of sp³-hybridized carbons (Fsp3) is 0.250. The van der Waals surface area contributed by atoms with Crippen LogP contribution < -0.4 is 10.6 Å². The van der Waals surface area contributed by atoms with E-state index in [9.17, 15) is 4.79 Å². The van der Waals surface area contributed by atoms with Gasteiger partial charge in [-0.3, -0.25) is 4.79 Å². The second kappa shape index (κ2) is 2.48. The Morgan fingerprint density at radius 1 is 1.58 bits per heavy atom. The first-order valence-corrected chi connectivity index (χ1v) is 3.80. The molecule has 1 aliphatic rings. The molecule has 1 aromatic rings. The van der Waals surface area contributed by atoms with Crippen molar-refractivity contribution in [1.82, 2.24) is 4.98 Å². The number of carbonyl (C=O) groups is 1. The highest BCUT2D eigenvalue weighted by atomic mass is 16.2. The van der Waals surface area contributed by atoms with Gasteiger partial charge in [-0.2, -0.15) is 0 Å². The van der Waals surface area contributed by atoms with Crippen LogP contribution in [0.25, 0.3) is 0 Å². The third-order valence-corrected chi connectivity index (χ3v) is 1.81. The van der Waals surface area contributed by atoms with E-state index in [-0.39, 0.29) is 11.9 Å². The largest absolute Gasteiger partial charge is 0.371 e. The molecule has 1 atom stereocenters. The molecule has 12 heavy (non-hydrogen) atoms. The van der Waals surface area contributed by atoms with Crippen molar-refractivity contribution >= 4 is 17.4 Å². The topological polar surface area (TPSA) is 54.0 Å². The summed E-state index contributed by atoms with van der Waals surface area (Å²) in [5.74, 6) is 0.571. The second-order valence-corrected chi connectivity index (χ2v) is 2.75. The maximum absolute atomic E-state index is 11.1. The van der Waals surface area contributed by atoms with Crippen LogP contribution >= 0.6 is 0 Å². The number of nitrogens with zero attached hydrogens (tertiary/aromatic N) is 1. The van der Waals surface area contributed by atoms with Gasteiger partial charge in [-0.05, 0) is 19.1 Å². The lowest BCUT2D eigenvalue weighted by molar-refractivity contribution is -0.116. The first kappa shape index (κ1) is 7.09. The maximum Gasteiger partial charge on any atom is 0.247 e. The first-order valence-electron chi connectivity index (χ1n) is 3.80. The van der Waals surface area contributed by atoms with Crippen LogP contribution in [0, 0.1) is 0 Å². The first-order chi connectivity index (χ1) is 5.77. The monoisotopic (exact) mass is 163 g/mol. The van der Waals surface area contributed by atoms with Crippen molar-refractivity contribution in [2.75, 3.05) is 10.6 Å². The zero-order chi connectivity index (χ0) is 8.55. The molecule has 4 nitrogen and oxygen atoms in total. The lowest BCUT2D eigenvalue weighted by Gasteiger charge is -2.22. The van der Waals surface area contributed by atoms with Crippen LogP contribution in [0.5, 0.6) is 0 Å². The molecule has 4 heteroatoms. The number of amides is 1. The molecule has 2 rings (SSSR count). The molecule has 0 saturated carbocycles. The third kappa shape index (κ3) is 1.01. The highest BCUT2D eigenvalue weighted by molar-refractivity contribution is 6.01. The van der Waals surface area contributed by atoms with Crippen molar-refractivity contribution in [3.8, 4) is 0 Å². The van der Waals surface area contributed by atoms with Gasteiger partial charge in [0.1, 0.15) is 6.04 Å². The number of nitrogens with one attached hydrogen (secondary N) is 2. The summed E-state index contributed by atoms with van der Waals surface area (Å²) in [6, 6.07) is 3.54. The van der Waals surface area contributed by atoms with Crippen molar-refractivity contribution < 1.29 is 4.79 Å². The standard InChI is InChI=1S/C8H9N3O/c1-5-8(12)11-7-6(10-5)3-2-4-9-7/h2-5,10H,1H3,(H,9,11,12)/t5-/m0/s1. The normalized spacial score (nSPS) is 20.8. The molecule has 0 fully saturated rings. The number of anilines is 2. The Labute approximate surface area is 70.0 Å². The van der Waals surface area contributed by atoms with E-state index in [2.05, 4.69) is 15.6 Å². The quantitative estimate of drug-likeness (QED) is 0.595. The van der Waals surface area contributed by atoms with Crippen molar-refractivity contribution in [2.24, 2.45) is 0 Å². The zero-order valence-electron chi connectivity index (χ0n) is 6.66. The fourth-order valence-corrected chi connectivity index (χ4v) is 1.15. The molecule has 1 aromatic heterocycles. The van der Waals surface area contributed by atoms with Crippen LogP contribution in [0.3, 0.4) is 0 Å². The Bertz CT molecular complexity index is 324. The molecule has 62 valence electrons. The van der Waals surface area contributed by atoms with Crippen molar-refractivity contribution in [2.45, 2.75) is 13.0 Å². The lowest BCUT2D eigenvalue weighted by atomic mass is 10.2. The van der Waals surface area contributed by atoms with E-state index in [0.29, 0.717) is 5.82 Å². The number of hydrogen-bond acceptors (Lipinski definition) is 3. The summed E-state index contributed by atoms with van der Waals surface area (Å²) in [6.07, 6.45) is 1.65. The van der Waals surface area contributed by atoms with Gasteiger partial charge in [0.25, 0.3) is 0 Å². The molecule has 2 heterocycles. The molecule has 2 N–H and O–H groups in total. The molecule has 1 amide bonds. The molecule has 0 radical (unpaired) electrons. The summed E-state index contributed by atoms with van der Waals surface area (Å²) in [5, 5.41) is 5.73. The number of fused-ring (bicyclic) bond motifs is 1. The zero-order valence-corrected chi connectivity index (χ0v) is 6.66. The summed E-state index contributed by atoms with van der Waals surface area (Å²) in [4.78, 5) is 15.2. The number of carbonyl (C=O) groups excluding carboxylic acids is 1. The average Bonchev–Trinajstić information content (AvgIpc) is 2.07. The number of rotatable bonds is 0. The van der Waals surface area contributed by atoms with Crippen LogP contribution in [0.2, 0.25) is 0 Å². The van der Waals surface area contributed by atoms with Crippen LogP contribution in [0.15, 0.2) is 18.3 Å². The summed E-state index contributed by atoms with van der Waals surface area (Å²) < 4.78 is 0. The Kier molecular flexibility index (Phi) is 1.46. The molecule has 0 bridgehead atoms. The van der Waals surface area contributed by atoms with Gasteiger partial charge >= 0.3 is 0 Å². The summed E-state index contributed by atoms with van der Waals surface area (Å²) in [6.45, 7) is 1.81. The minimum Gasteiger partial charge on any atom is -0.371 e. The van der Waals surface area contributed by atoms with Gasteiger partial charge in [0.05, 0.1) is 5.69 Å². The summed E-state index contributed by atoms with van der Waals surface area (Å²) in [7, 11) is 0. The summed E-state index contributed by atoms with van der Waals surface area (Å²) >= 11 is 0. The van der Waals surface area contributed by atoms with Crippen LogP contribution in [-0.2, 0) is 4.79 Å². The molecule has 0 aromatic carbocycles. The predicted molar refractivity (Wildman–Crippen MR) is 46.0 cm³/mol. The lowest BCUT2D eigenvalue weighted by Crippen LogP contribution is -2.36. The van der Waals surface area contributed by atoms with Gasteiger partial charge in [0.15, 0.2) is 5.82 Å². The van der Waals surface area contributed by atoms with Gasteiger partial charge in [-0.15, -0.1) is 0 Å². The second-order valence-electron chi connectivity index (χ2n) is 2.75. The van der Waals surface area contributed by atoms with Crippen LogP contribution in [0.1, 0.15) is 6.92 Å². The Morgan fingerprint density at radius 2 is 2.42 bits per heavy atom. The minimum absolute atomic E-state index is 0.0406. The van der Waals surface area contributed by atoms with E-state index in [1.807, 2.05) is 19.1 Å². The number of pyridine rings is 1. The highest BCUT2D eigenvalue weighted by Crippen LogP contribution is 2.22. The average molecular weight is 163 g/mol. The fourth-order valence-electron chi connectivity index (χ4n) is 1.15. The van der Waals surface area contributed by atoms with Crippen LogP contribution in [-0.4, -0.2) is 16.9 Å². The third-order valence-electron chi connectivity index (χ3n) is 1.81.